The summed E-state index contributed by atoms with van der Waals surface area (Å²) >= 11 is 11.2. The monoisotopic (exact) mass is 372 g/mol. The summed E-state index contributed by atoms with van der Waals surface area (Å²) in [6, 6.07) is 6.27. The Balaban J connectivity index is 1.55. The van der Waals surface area contributed by atoms with Gasteiger partial charge in [-0.2, -0.15) is 0 Å². The van der Waals surface area contributed by atoms with E-state index in [9.17, 15) is 0 Å². The van der Waals surface area contributed by atoms with Crippen LogP contribution in [-0.2, 0) is 13.2 Å². The highest BCUT2D eigenvalue weighted by Gasteiger charge is 2.20. The molecular weight excluding hydrogens is 360 g/mol. The molecule has 2 aromatic rings. The quantitative estimate of drug-likeness (QED) is 0.815. The van der Waals surface area contributed by atoms with Crippen LogP contribution in [0.4, 0.5) is 0 Å². The largest absolute Gasteiger partial charge is 0.486 e. The lowest BCUT2D eigenvalue weighted by molar-refractivity contribution is 0.302. The van der Waals surface area contributed by atoms with Gasteiger partial charge in [-0.05, 0) is 31.0 Å². The van der Waals surface area contributed by atoms with Crippen LogP contribution < -0.4 is 10.1 Å². The van der Waals surface area contributed by atoms with E-state index in [0.717, 1.165) is 21.7 Å². The van der Waals surface area contributed by atoms with Gasteiger partial charge < -0.3 is 10.1 Å². The van der Waals surface area contributed by atoms with Gasteiger partial charge in [-0.25, -0.2) is 4.98 Å². The molecule has 0 saturated heterocycles. The van der Waals surface area contributed by atoms with Gasteiger partial charge >= 0.3 is 0 Å². The van der Waals surface area contributed by atoms with Crippen LogP contribution >= 0.6 is 38.9 Å². The number of benzene rings is 1. The second kappa shape index (κ2) is 6.43. The summed E-state index contributed by atoms with van der Waals surface area (Å²) in [5, 5.41) is 7.21. The van der Waals surface area contributed by atoms with Gasteiger partial charge in [0, 0.05) is 22.4 Å². The minimum absolute atomic E-state index is 0.441. The lowest BCUT2D eigenvalue weighted by Crippen LogP contribution is -2.15. The summed E-state index contributed by atoms with van der Waals surface area (Å²) in [7, 11) is 0. The summed E-state index contributed by atoms with van der Waals surface area (Å²) in [5.74, 6) is 0.673. The third kappa shape index (κ3) is 3.95. The standard InChI is InChI=1S/C14H14BrClN2OS/c15-9-1-4-12(16)13(5-9)19-7-11-8-20-14(18-11)6-17-10-2-3-10/h1,4-5,8,10,17H,2-3,6-7H2. The minimum atomic E-state index is 0.441. The van der Waals surface area contributed by atoms with E-state index >= 15 is 0 Å². The Morgan fingerprint density at radius 1 is 1.45 bits per heavy atom. The van der Waals surface area contributed by atoms with Crippen LogP contribution in [0, 0.1) is 0 Å². The molecule has 0 amide bonds. The minimum Gasteiger partial charge on any atom is -0.486 e. The van der Waals surface area contributed by atoms with Crippen molar-refractivity contribution in [3.63, 3.8) is 0 Å². The summed E-state index contributed by atoms with van der Waals surface area (Å²) in [5.41, 5.74) is 0.943. The molecule has 1 aromatic heterocycles. The molecule has 1 aliphatic rings. The number of nitrogens with zero attached hydrogens (tertiary/aromatic N) is 1. The van der Waals surface area contributed by atoms with E-state index < -0.39 is 0 Å². The molecule has 3 nitrogen and oxygen atoms in total. The molecule has 0 bridgehead atoms. The summed E-state index contributed by atoms with van der Waals surface area (Å²) in [6.45, 7) is 1.29. The van der Waals surface area contributed by atoms with Crippen LogP contribution in [0.2, 0.25) is 5.02 Å². The SMILES string of the molecule is Clc1ccc(Br)cc1OCc1csc(CNC2CC2)n1. The Bertz CT molecular complexity index is 601. The Kier molecular flexibility index (Phi) is 4.61. The molecule has 1 saturated carbocycles. The van der Waals surface area contributed by atoms with Gasteiger partial charge in [0.2, 0.25) is 0 Å². The Labute approximate surface area is 135 Å². The fourth-order valence-electron chi connectivity index (χ4n) is 1.76. The number of halogens is 2. The molecule has 0 atom stereocenters. The number of rotatable bonds is 6. The van der Waals surface area contributed by atoms with E-state index in [1.54, 1.807) is 11.3 Å². The smallest absolute Gasteiger partial charge is 0.139 e. The zero-order chi connectivity index (χ0) is 13.9. The number of ether oxygens (including phenoxy) is 1. The van der Waals surface area contributed by atoms with E-state index in [1.807, 2.05) is 23.6 Å². The van der Waals surface area contributed by atoms with Crippen molar-refractivity contribution in [2.75, 3.05) is 0 Å². The third-order valence-corrected chi connectivity index (χ3v) is 4.69. The average molecular weight is 374 g/mol. The van der Waals surface area contributed by atoms with Gasteiger partial charge in [-0.15, -0.1) is 11.3 Å². The Morgan fingerprint density at radius 3 is 3.10 bits per heavy atom. The normalized spacial score (nSPS) is 14.5. The van der Waals surface area contributed by atoms with Crippen LogP contribution in [-0.4, -0.2) is 11.0 Å². The van der Waals surface area contributed by atoms with Crippen molar-refractivity contribution in [1.82, 2.24) is 10.3 Å². The van der Waals surface area contributed by atoms with E-state index in [0.29, 0.717) is 23.4 Å². The molecule has 1 aliphatic carbocycles. The highest BCUT2D eigenvalue weighted by atomic mass is 79.9. The predicted molar refractivity (Wildman–Crippen MR) is 85.5 cm³/mol. The molecule has 20 heavy (non-hydrogen) atoms. The summed E-state index contributed by atoms with van der Waals surface area (Å²) in [6.07, 6.45) is 2.59. The van der Waals surface area contributed by atoms with Gasteiger partial charge in [-0.3, -0.25) is 0 Å². The topological polar surface area (TPSA) is 34.1 Å². The van der Waals surface area contributed by atoms with E-state index in [-0.39, 0.29) is 0 Å². The number of hydrogen-bond donors (Lipinski definition) is 1. The zero-order valence-corrected chi connectivity index (χ0v) is 13.9. The lowest BCUT2D eigenvalue weighted by atomic mass is 10.3. The molecule has 3 rings (SSSR count). The van der Waals surface area contributed by atoms with Crippen molar-refractivity contribution >= 4 is 38.9 Å². The van der Waals surface area contributed by atoms with Crippen molar-refractivity contribution in [3.8, 4) is 5.75 Å². The van der Waals surface area contributed by atoms with E-state index in [2.05, 4.69) is 26.2 Å². The predicted octanol–water partition coefficient (Wildman–Crippen LogP) is 4.39. The first-order valence-electron chi connectivity index (χ1n) is 6.45. The Hall–Kier alpha value is -0.620. The highest BCUT2D eigenvalue weighted by Crippen LogP contribution is 2.28. The molecular formula is C14H14BrClN2OS. The van der Waals surface area contributed by atoms with Gasteiger partial charge in [0.25, 0.3) is 0 Å². The second-order valence-electron chi connectivity index (χ2n) is 4.75. The van der Waals surface area contributed by atoms with Crippen LogP contribution in [0.5, 0.6) is 5.75 Å². The average Bonchev–Trinajstić information content (AvgIpc) is 3.16. The van der Waals surface area contributed by atoms with Crippen molar-refractivity contribution in [2.45, 2.75) is 32.0 Å². The molecule has 0 spiro atoms. The lowest BCUT2D eigenvalue weighted by Gasteiger charge is -2.06. The first-order valence-corrected chi connectivity index (χ1v) is 8.50. The number of aromatic nitrogens is 1. The molecule has 106 valence electrons. The number of thiazole rings is 1. The van der Waals surface area contributed by atoms with Crippen molar-refractivity contribution in [1.29, 1.82) is 0 Å². The van der Waals surface area contributed by atoms with Crippen molar-refractivity contribution < 1.29 is 4.74 Å². The molecule has 1 aromatic carbocycles. The molecule has 0 radical (unpaired) electrons. The van der Waals surface area contributed by atoms with Crippen molar-refractivity contribution in [3.05, 3.63) is 43.8 Å². The van der Waals surface area contributed by atoms with Gasteiger partial charge in [0.05, 0.1) is 10.7 Å². The highest BCUT2D eigenvalue weighted by molar-refractivity contribution is 9.10. The summed E-state index contributed by atoms with van der Waals surface area (Å²) in [4.78, 5) is 4.55. The van der Waals surface area contributed by atoms with Crippen LogP contribution in [0.3, 0.4) is 0 Å². The van der Waals surface area contributed by atoms with E-state index in [4.69, 9.17) is 16.3 Å². The van der Waals surface area contributed by atoms with Gasteiger partial charge in [-0.1, -0.05) is 27.5 Å². The van der Waals surface area contributed by atoms with Gasteiger partial charge in [0.15, 0.2) is 0 Å². The molecule has 1 fully saturated rings. The third-order valence-electron chi connectivity index (χ3n) is 2.99. The van der Waals surface area contributed by atoms with Crippen LogP contribution in [0.25, 0.3) is 0 Å². The zero-order valence-electron chi connectivity index (χ0n) is 10.7. The second-order valence-corrected chi connectivity index (χ2v) is 7.02. The molecule has 0 unspecified atom stereocenters. The first-order chi connectivity index (χ1) is 9.70. The maximum absolute atomic E-state index is 6.09. The van der Waals surface area contributed by atoms with Gasteiger partial charge in [0.1, 0.15) is 17.4 Å². The van der Waals surface area contributed by atoms with Crippen molar-refractivity contribution in [2.24, 2.45) is 0 Å². The Morgan fingerprint density at radius 2 is 2.30 bits per heavy atom. The fraction of sp³-hybridized carbons (Fsp3) is 0.357. The molecule has 1 N–H and O–H groups in total. The molecule has 6 heteroatoms. The molecule has 0 aliphatic heterocycles. The number of nitrogens with one attached hydrogen (secondary N) is 1. The maximum atomic E-state index is 6.09. The first kappa shape index (κ1) is 14.3. The van der Waals surface area contributed by atoms with Crippen LogP contribution in [0.15, 0.2) is 28.1 Å². The van der Waals surface area contributed by atoms with Crippen LogP contribution in [0.1, 0.15) is 23.5 Å². The maximum Gasteiger partial charge on any atom is 0.139 e. The number of hydrogen-bond acceptors (Lipinski definition) is 4. The van der Waals surface area contributed by atoms with E-state index in [1.165, 1.54) is 12.8 Å². The molecule has 1 heterocycles. The fourth-order valence-corrected chi connectivity index (χ4v) is 3.00. The summed E-state index contributed by atoms with van der Waals surface area (Å²) < 4.78 is 6.67.